The summed E-state index contributed by atoms with van der Waals surface area (Å²) in [6.45, 7) is 4.27. The first-order valence-electron chi connectivity index (χ1n) is 3.31. The van der Waals surface area contributed by atoms with Crippen LogP contribution in [0.1, 0.15) is 26.3 Å². The molecule has 0 aliphatic heterocycles. The molecule has 0 aromatic carbocycles. The SMILES string of the molecule is CCC(C)n1cc(I)nn1. The van der Waals surface area contributed by atoms with E-state index in [9.17, 15) is 0 Å². The fourth-order valence-corrected chi connectivity index (χ4v) is 1.04. The van der Waals surface area contributed by atoms with Gasteiger partial charge < -0.3 is 0 Å². The molecule has 1 aromatic rings. The van der Waals surface area contributed by atoms with Gasteiger partial charge in [-0.15, -0.1) is 5.10 Å². The number of aromatic nitrogens is 3. The summed E-state index contributed by atoms with van der Waals surface area (Å²) in [5, 5.41) is 7.83. The molecule has 0 aliphatic rings. The summed E-state index contributed by atoms with van der Waals surface area (Å²) in [5.41, 5.74) is 0. The van der Waals surface area contributed by atoms with Crippen LogP contribution in [0.15, 0.2) is 6.20 Å². The molecule has 3 nitrogen and oxygen atoms in total. The predicted molar refractivity (Wildman–Crippen MR) is 47.7 cm³/mol. The van der Waals surface area contributed by atoms with Gasteiger partial charge in [0.05, 0.1) is 12.2 Å². The Morgan fingerprint density at radius 2 is 2.50 bits per heavy atom. The summed E-state index contributed by atoms with van der Waals surface area (Å²) in [6, 6.07) is 0.469. The zero-order chi connectivity index (χ0) is 7.56. The first kappa shape index (κ1) is 7.97. The Hall–Kier alpha value is -0.130. The molecule has 56 valence electrons. The summed E-state index contributed by atoms with van der Waals surface area (Å²) in [5.74, 6) is 0. The van der Waals surface area contributed by atoms with Crippen LogP contribution >= 0.6 is 22.6 Å². The van der Waals surface area contributed by atoms with E-state index in [2.05, 4.69) is 46.8 Å². The molecule has 0 fully saturated rings. The van der Waals surface area contributed by atoms with Crippen molar-refractivity contribution in [2.45, 2.75) is 26.3 Å². The largest absolute Gasteiger partial charge is 0.249 e. The van der Waals surface area contributed by atoms with Gasteiger partial charge in [-0.1, -0.05) is 12.1 Å². The molecule has 0 bridgehead atoms. The van der Waals surface area contributed by atoms with Crippen molar-refractivity contribution in [1.29, 1.82) is 0 Å². The molecular weight excluding hydrogens is 241 g/mol. The Morgan fingerprint density at radius 1 is 1.80 bits per heavy atom. The Labute approximate surface area is 73.9 Å². The van der Waals surface area contributed by atoms with E-state index in [1.807, 2.05) is 10.9 Å². The van der Waals surface area contributed by atoms with Gasteiger partial charge in [0.25, 0.3) is 0 Å². The molecule has 0 N–H and O–H groups in total. The molecule has 4 heteroatoms. The molecule has 1 aromatic heterocycles. The number of hydrogen-bond acceptors (Lipinski definition) is 2. The van der Waals surface area contributed by atoms with Crippen LogP contribution in [-0.2, 0) is 0 Å². The van der Waals surface area contributed by atoms with Gasteiger partial charge >= 0.3 is 0 Å². The Morgan fingerprint density at radius 3 is 2.90 bits per heavy atom. The van der Waals surface area contributed by atoms with Crippen LogP contribution in [0.25, 0.3) is 0 Å². The van der Waals surface area contributed by atoms with Crippen molar-refractivity contribution in [3.63, 3.8) is 0 Å². The lowest BCUT2D eigenvalue weighted by atomic mass is 10.3. The van der Waals surface area contributed by atoms with Crippen LogP contribution in [0.4, 0.5) is 0 Å². The molecule has 0 saturated carbocycles. The maximum atomic E-state index is 3.95. The molecule has 0 radical (unpaired) electrons. The first-order valence-corrected chi connectivity index (χ1v) is 4.39. The van der Waals surface area contributed by atoms with Crippen molar-refractivity contribution in [1.82, 2.24) is 15.0 Å². The van der Waals surface area contributed by atoms with Gasteiger partial charge in [-0.25, -0.2) is 4.68 Å². The van der Waals surface area contributed by atoms with E-state index in [4.69, 9.17) is 0 Å². The molecule has 0 saturated heterocycles. The second kappa shape index (κ2) is 3.32. The maximum absolute atomic E-state index is 3.95. The van der Waals surface area contributed by atoms with Crippen LogP contribution in [0.3, 0.4) is 0 Å². The molecule has 10 heavy (non-hydrogen) atoms. The van der Waals surface area contributed by atoms with Crippen molar-refractivity contribution in [2.24, 2.45) is 0 Å². The van der Waals surface area contributed by atoms with Crippen LogP contribution < -0.4 is 0 Å². The predicted octanol–water partition coefficient (Wildman–Crippen LogP) is 1.85. The van der Waals surface area contributed by atoms with E-state index in [1.165, 1.54) is 0 Å². The minimum atomic E-state index is 0.469. The highest BCUT2D eigenvalue weighted by molar-refractivity contribution is 14.1. The average molecular weight is 251 g/mol. The first-order chi connectivity index (χ1) is 4.74. The van der Waals surface area contributed by atoms with Gasteiger partial charge in [0.15, 0.2) is 0 Å². The molecule has 1 heterocycles. The van der Waals surface area contributed by atoms with Crippen molar-refractivity contribution in [3.8, 4) is 0 Å². The van der Waals surface area contributed by atoms with Gasteiger partial charge in [0, 0.05) is 0 Å². The zero-order valence-electron chi connectivity index (χ0n) is 6.08. The second-order valence-electron chi connectivity index (χ2n) is 2.28. The zero-order valence-corrected chi connectivity index (χ0v) is 8.24. The van der Waals surface area contributed by atoms with E-state index in [-0.39, 0.29) is 0 Å². The van der Waals surface area contributed by atoms with Crippen LogP contribution in [-0.4, -0.2) is 15.0 Å². The third kappa shape index (κ3) is 1.68. The lowest BCUT2D eigenvalue weighted by Gasteiger charge is -2.05. The number of nitrogens with zero attached hydrogens (tertiary/aromatic N) is 3. The highest BCUT2D eigenvalue weighted by Gasteiger charge is 2.02. The quantitative estimate of drug-likeness (QED) is 0.751. The number of halogens is 1. The Kier molecular flexibility index (Phi) is 2.64. The Balaban J connectivity index is 2.74. The maximum Gasteiger partial charge on any atom is 0.143 e. The van der Waals surface area contributed by atoms with Gasteiger partial charge in [0.2, 0.25) is 0 Å². The molecule has 1 rings (SSSR count). The highest BCUT2D eigenvalue weighted by atomic mass is 127. The summed E-state index contributed by atoms with van der Waals surface area (Å²) < 4.78 is 2.85. The van der Waals surface area contributed by atoms with E-state index in [0.29, 0.717) is 6.04 Å². The number of hydrogen-bond donors (Lipinski definition) is 0. The standard InChI is InChI=1S/C6H10IN3/c1-3-5(2)10-4-6(7)8-9-10/h4-5H,3H2,1-2H3. The van der Waals surface area contributed by atoms with Gasteiger partial charge in [-0.2, -0.15) is 0 Å². The van der Waals surface area contributed by atoms with E-state index < -0.39 is 0 Å². The molecule has 1 unspecified atom stereocenters. The topological polar surface area (TPSA) is 30.7 Å². The van der Waals surface area contributed by atoms with Crippen molar-refractivity contribution >= 4 is 22.6 Å². The van der Waals surface area contributed by atoms with Gasteiger partial charge in [0.1, 0.15) is 3.70 Å². The van der Waals surface area contributed by atoms with Crippen molar-refractivity contribution < 1.29 is 0 Å². The van der Waals surface area contributed by atoms with Crippen molar-refractivity contribution in [2.75, 3.05) is 0 Å². The van der Waals surface area contributed by atoms with E-state index in [1.54, 1.807) is 0 Å². The van der Waals surface area contributed by atoms with Crippen LogP contribution in [0, 0.1) is 3.70 Å². The minimum Gasteiger partial charge on any atom is -0.249 e. The third-order valence-electron chi connectivity index (χ3n) is 1.52. The molecule has 0 spiro atoms. The van der Waals surface area contributed by atoms with Crippen LogP contribution in [0.5, 0.6) is 0 Å². The van der Waals surface area contributed by atoms with Gasteiger partial charge in [-0.05, 0) is 35.9 Å². The van der Waals surface area contributed by atoms with E-state index in [0.717, 1.165) is 10.1 Å². The molecule has 0 amide bonds. The summed E-state index contributed by atoms with van der Waals surface area (Å²) in [7, 11) is 0. The lowest BCUT2D eigenvalue weighted by molar-refractivity contribution is 0.464. The second-order valence-corrected chi connectivity index (χ2v) is 3.38. The molecular formula is C6H10IN3. The summed E-state index contributed by atoms with van der Waals surface area (Å²) in [4.78, 5) is 0. The van der Waals surface area contributed by atoms with Gasteiger partial charge in [-0.3, -0.25) is 0 Å². The monoisotopic (exact) mass is 251 g/mol. The Bertz CT molecular complexity index is 209. The fraction of sp³-hybridized carbons (Fsp3) is 0.667. The third-order valence-corrected chi connectivity index (χ3v) is 2.02. The normalized spacial score (nSPS) is 13.5. The summed E-state index contributed by atoms with van der Waals surface area (Å²) >= 11 is 2.16. The minimum absolute atomic E-state index is 0.469. The summed E-state index contributed by atoms with van der Waals surface area (Å²) in [6.07, 6.45) is 3.05. The smallest absolute Gasteiger partial charge is 0.143 e. The molecule has 1 atom stereocenters. The van der Waals surface area contributed by atoms with Crippen molar-refractivity contribution in [3.05, 3.63) is 9.90 Å². The molecule has 0 aliphatic carbocycles. The fourth-order valence-electron chi connectivity index (χ4n) is 0.658. The number of rotatable bonds is 2. The lowest BCUT2D eigenvalue weighted by Crippen LogP contribution is -2.03. The average Bonchev–Trinajstić information content (AvgIpc) is 2.34. The van der Waals surface area contributed by atoms with Crippen LogP contribution in [0.2, 0.25) is 0 Å². The van der Waals surface area contributed by atoms with E-state index >= 15 is 0 Å². The highest BCUT2D eigenvalue weighted by Crippen LogP contribution is 2.08.